The van der Waals surface area contributed by atoms with Crippen molar-refractivity contribution in [1.82, 2.24) is 9.37 Å². The monoisotopic (exact) mass is 392 g/mol. The molecule has 0 radical (unpaired) electrons. The lowest BCUT2D eigenvalue weighted by Crippen LogP contribution is -2.31. The molecule has 0 unspecified atom stereocenters. The summed E-state index contributed by atoms with van der Waals surface area (Å²) in [6, 6.07) is 13.5. The van der Waals surface area contributed by atoms with Crippen molar-refractivity contribution in [3.63, 3.8) is 0 Å². The van der Waals surface area contributed by atoms with Gasteiger partial charge in [-0.15, -0.1) is 0 Å². The van der Waals surface area contributed by atoms with Crippen molar-refractivity contribution in [2.75, 3.05) is 34.4 Å². The maximum atomic E-state index is 12.6. The summed E-state index contributed by atoms with van der Waals surface area (Å²) < 4.78 is 31.0. The fourth-order valence-electron chi connectivity index (χ4n) is 2.36. The minimum absolute atomic E-state index is 0.0119. The van der Waals surface area contributed by atoms with E-state index in [1.54, 1.807) is 13.1 Å². The van der Waals surface area contributed by atoms with Crippen LogP contribution in [0.2, 0.25) is 0 Å². The number of hydrogen-bond acceptors (Lipinski definition) is 5. The third-order valence-corrected chi connectivity index (χ3v) is 5.68. The molecule has 0 fully saturated rings. The Morgan fingerprint density at radius 2 is 1.78 bits per heavy atom. The van der Waals surface area contributed by atoms with Crippen LogP contribution in [0.4, 0.5) is 0 Å². The summed E-state index contributed by atoms with van der Waals surface area (Å²) in [4.78, 5) is 18.8. The van der Waals surface area contributed by atoms with Crippen LogP contribution in [0.25, 0.3) is 0 Å². The van der Waals surface area contributed by atoms with E-state index < -0.39 is 10.0 Å². The number of sulfonamides is 1. The fourth-order valence-corrected chi connectivity index (χ4v) is 3.38. The maximum absolute atomic E-state index is 12.6. The quantitative estimate of drug-likeness (QED) is 0.645. The largest absolute Gasteiger partial charge is 0.492 e. The van der Waals surface area contributed by atoms with Crippen molar-refractivity contribution in [1.29, 1.82) is 0 Å². The molecule has 0 aliphatic rings. The first-order valence-electron chi connectivity index (χ1n) is 8.33. The topological polar surface area (TPSA) is 76.2 Å². The number of benzene rings is 2. The second kappa shape index (κ2) is 8.98. The van der Waals surface area contributed by atoms with Gasteiger partial charge < -0.3 is 9.64 Å². The van der Waals surface area contributed by atoms with Gasteiger partial charge in [0.15, 0.2) is 0 Å². The van der Waals surface area contributed by atoms with Crippen LogP contribution >= 0.6 is 0 Å². The number of carbonyl (C=O) groups excluding carboxylic acids is 1. The Balaban J connectivity index is 2.03. The minimum atomic E-state index is -3.81. The van der Waals surface area contributed by atoms with Crippen LogP contribution in [0.3, 0.4) is 0 Å². The first kappa shape index (κ1) is 20.9. The predicted molar refractivity (Wildman–Crippen MR) is 102 cm³/mol. The Labute approximate surface area is 160 Å². The molecule has 0 N–H and O–H groups in total. The Bertz CT molecular complexity index is 898. The molecule has 0 bridgehead atoms. The number of nitrogens with zero attached hydrogens (tertiary/aromatic N) is 2. The van der Waals surface area contributed by atoms with Crippen molar-refractivity contribution in [2.45, 2.75) is 11.8 Å². The van der Waals surface area contributed by atoms with E-state index in [1.165, 1.54) is 37.3 Å². The van der Waals surface area contributed by atoms with Crippen LogP contribution in [-0.2, 0) is 14.9 Å². The van der Waals surface area contributed by atoms with Gasteiger partial charge in [-0.1, -0.05) is 22.7 Å². The lowest BCUT2D eigenvalue weighted by Gasteiger charge is -2.19. The normalized spacial score (nSPS) is 11.4. The zero-order valence-corrected chi connectivity index (χ0v) is 16.7. The molecule has 7 nitrogen and oxygen atoms in total. The second-order valence-corrected chi connectivity index (χ2v) is 7.95. The molecule has 0 aromatic heterocycles. The molecule has 1 amide bonds. The molecule has 2 aromatic rings. The lowest BCUT2D eigenvalue weighted by molar-refractivity contribution is -0.0258. The van der Waals surface area contributed by atoms with Crippen molar-refractivity contribution >= 4 is 15.9 Å². The van der Waals surface area contributed by atoms with Crippen molar-refractivity contribution < 1.29 is 22.8 Å². The van der Waals surface area contributed by atoms with Crippen molar-refractivity contribution in [2.24, 2.45) is 0 Å². The first-order valence-corrected chi connectivity index (χ1v) is 9.77. The highest BCUT2D eigenvalue weighted by Crippen LogP contribution is 2.17. The van der Waals surface area contributed by atoms with Gasteiger partial charge in [0.2, 0.25) is 0 Å². The van der Waals surface area contributed by atoms with Crippen molar-refractivity contribution in [3.8, 4) is 5.75 Å². The maximum Gasteiger partial charge on any atom is 0.264 e. The van der Waals surface area contributed by atoms with E-state index in [2.05, 4.69) is 0 Å². The van der Waals surface area contributed by atoms with Gasteiger partial charge in [-0.25, -0.2) is 8.42 Å². The van der Waals surface area contributed by atoms with E-state index in [0.717, 1.165) is 15.8 Å². The zero-order chi connectivity index (χ0) is 20.0. The fraction of sp³-hybridized carbons (Fsp3) is 0.316. The molecule has 0 saturated heterocycles. The van der Waals surface area contributed by atoms with Gasteiger partial charge in [0.05, 0.1) is 18.6 Å². The van der Waals surface area contributed by atoms with E-state index in [0.29, 0.717) is 13.2 Å². The number of rotatable bonds is 8. The number of ether oxygens (including phenoxy) is 1. The smallest absolute Gasteiger partial charge is 0.264 e. The van der Waals surface area contributed by atoms with Crippen LogP contribution in [0.5, 0.6) is 5.75 Å². The standard InChI is InChI=1S/C19H24N2O5S/c1-15-7-5-9-17(13-15)26-12-11-20(2)19(22)16-8-6-10-18(14-16)27(23,24)21(3)25-4/h5-10,13-14H,11-12H2,1-4H3. The molecule has 0 saturated carbocycles. The molecule has 8 heteroatoms. The molecule has 0 aliphatic heterocycles. The predicted octanol–water partition coefficient (Wildman–Crippen LogP) is 2.33. The van der Waals surface area contributed by atoms with E-state index in [4.69, 9.17) is 9.57 Å². The number of likely N-dealkylation sites (N-methyl/N-ethyl adjacent to an activating group) is 1. The first-order chi connectivity index (χ1) is 12.8. The molecule has 0 heterocycles. The highest BCUT2D eigenvalue weighted by molar-refractivity contribution is 7.89. The summed E-state index contributed by atoms with van der Waals surface area (Å²) in [5.41, 5.74) is 1.37. The summed E-state index contributed by atoms with van der Waals surface area (Å²) in [5, 5.41) is 0. The molecular formula is C19H24N2O5S. The van der Waals surface area contributed by atoms with Gasteiger partial charge >= 0.3 is 0 Å². The van der Waals surface area contributed by atoms with Crippen LogP contribution < -0.4 is 4.74 Å². The van der Waals surface area contributed by atoms with Gasteiger partial charge in [-0.05, 0) is 42.8 Å². The van der Waals surface area contributed by atoms with E-state index in [9.17, 15) is 13.2 Å². The Morgan fingerprint density at radius 3 is 2.44 bits per heavy atom. The molecule has 2 rings (SSSR count). The zero-order valence-electron chi connectivity index (χ0n) is 15.9. The number of hydrogen-bond donors (Lipinski definition) is 0. The molecule has 0 spiro atoms. The molecule has 0 aliphatic carbocycles. The van der Waals surface area contributed by atoms with Crippen LogP contribution in [0.15, 0.2) is 53.4 Å². The van der Waals surface area contributed by atoms with E-state index in [-0.39, 0.29) is 16.4 Å². The Kier molecular flexibility index (Phi) is 6.95. The number of aryl methyl sites for hydroxylation is 1. The third-order valence-electron chi connectivity index (χ3n) is 4.01. The van der Waals surface area contributed by atoms with Gasteiger partial charge in [-0.2, -0.15) is 0 Å². The summed E-state index contributed by atoms with van der Waals surface area (Å²) in [5.74, 6) is 0.450. The average Bonchev–Trinajstić information content (AvgIpc) is 2.66. The molecular weight excluding hydrogens is 368 g/mol. The third kappa shape index (κ3) is 5.29. The SMILES string of the molecule is CON(C)S(=O)(=O)c1cccc(C(=O)N(C)CCOc2cccc(C)c2)c1. The van der Waals surface area contributed by atoms with Crippen LogP contribution in [0, 0.1) is 6.92 Å². The Morgan fingerprint density at radius 1 is 1.07 bits per heavy atom. The van der Waals surface area contributed by atoms with E-state index >= 15 is 0 Å². The van der Waals surface area contributed by atoms with Crippen LogP contribution in [0.1, 0.15) is 15.9 Å². The van der Waals surface area contributed by atoms with Gasteiger partial charge in [0, 0.05) is 19.7 Å². The number of carbonyl (C=O) groups is 1. The van der Waals surface area contributed by atoms with Gasteiger partial charge in [-0.3, -0.25) is 9.63 Å². The van der Waals surface area contributed by atoms with Gasteiger partial charge in [0.1, 0.15) is 12.4 Å². The number of amides is 1. The number of hydroxylamine groups is 1. The van der Waals surface area contributed by atoms with E-state index in [1.807, 2.05) is 31.2 Å². The summed E-state index contributed by atoms with van der Waals surface area (Å²) in [6.45, 7) is 2.67. The van der Waals surface area contributed by atoms with Crippen molar-refractivity contribution in [3.05, 3.63) is 59.7 Å². The lowest BCUT2D eigenvalue weighted by atomic mass is 10.2. The average molecular weight is 392 g/mol. The molecule has 27 heavy (non-hydrogen) atoms. The van der Waals surface area contributed by atoms with Gasteiger partial charge in [0.25, 0.3) is 15.9 Å². The molecule has 2 aromatic carbocycles. The summed E-state index contributed by atoms with van der Waals surface area (Å²) >= 11 is 0. The Hall–Kier alpha value is -2.42. The second-order valence-electron chi connectivity index (χ2n) is 6.02. The highest BCUT2D eigenvalue weighted by atomic mass is 32.2. The van der Waals surface area contributed by atoms with Crippen LogP contribution in [-0.4, -0.2) is 58.1 Å². The highest BCUT2D eigenvalue weighted by Gasteiger charge is 2.22. The summed E-state index contributed by atoms with van der Waals surface area (Å²) in [6.07, 6.45) is 0. The summed E-state index contributed by atoms with van der Waals surface area (Å²) in [7, 11) is 0.380. The molecule has 146 valence electrons. The minimum Gasteiger partial charge on any atom is -0.492 e. The molecule has 0 atom stereocenters.